The van der Waals surface area contributed by atoms with Gasteiger partial charge in [0.15, 0.2) is 6.61 Å². The Bertz CT molecular complexity index is 632. The van der Waals surface area contributed by atoms with Crippen LogP contribution in [0.1, 0.15) is 12.8 Å². The van der Waals surface area contributed by atoms with Gasteiger partial charge in [-0.3, -0.25) is 4.79 Å². The first kappa shape index (κ1) is 13.9. The van der Waals surface area contributed by atoms with E-state index in [-0.39, 0.29) is 18.6 Å². The number of hydrogen-bond donors (Lipinski definition) is 2. The Labute approximate surface area is 124 Å². The molecule has 0 saturated heterocycles. The molecule has 110 valence electrons. The van der Waals surface area contributed by atoms with Crippen LogP contribution in [0.4, 0.5) is 0 Å². The fourth-order valence-electron chi connectivity index (χ4n) is 2.44. The third-order valence-corrected chi connectivity index (χ3v) is 3.87. The van der Waals surface area contributed by atoms with Gasteiger partial charge in [-0.1, -0.05) is 36.4 Å². The lowest BCUT2D eigenvalue weighted by Crippen LogP contribution is -2.40. The monoisotopic (exact) mass is 284 g/mol. The number of nitrogens with two attached hydrogens (primary N) is 1. The van der Waals surface area contributed by atoms with Crippen molar-refractivity contribution in [1.29, 1.82) is 0 Å². The van der Waals surface area contributed by atoms with Crippen LogP contribution >= 0.6 is 0 Å². The van der Waals surface area contributed by atoms with E-state index in [0.29, 0.717) is 12.5 Å². The van der Waals surface area contributed by atoms with Crippen LogP contribution in [0.15, 0.2) is 42.5 Å². The zero-order valence-electron chi connectivity index (χ0n) is 11.9. The number of carbonyl (C=O) groups excluding carboxylic acids is 1. The minimum absolute atomic E-state index is 0.0192. The number of rotatable bonds is 6. The molecule has 0 aliphatic heterocycles. The molecule has 0 spiro atoms. The molecule has 0 radical (unpaired) electrons. The average Bonchev–Trinajstić information content (AvgIpc) is 3.35. The van der Waals surface area contributed by atoms with Gasteiger partial charge >= 0.3 is 0 Å². The molecule has 1 aliphatic rings. The maximum atomic E-state index is 11.8. The minimum Gasteiger partial charge on any atom is -0.483 e. The van der Waals surface area contributed by atoms with Gasteiger partial charge in [-0.25, -0.2) is 0 Å². The Hall–Kier alpha value is -2.07. The standard InChI is InChI=1S/C17H20N2O2/c18-15(13-8-9-13)10-19-17(20)11-21-16-7-3-5-12-4-1-2-6-14(12)16/h1-7,13,15H,8-11,18H2,(H,19,20). The van der Waals surface area contributed by atoms with Gasteiger partial charge in [0.2, 0.25) is 0 Å². The van der Waals surface area contributed by atoms with E-state index in [1.807, 2.05) is 42.5 Å². The Morgan fingerprint density at radius 1 is 1.24 bits per heavy atom. The summed E-state index contributed by atoms with van der Waals surface area (Å²) < 4.78 is 5.64. The topological polar surface area (TPSA) is 64.3 Å². The van der Waals surface area contributed by atoms with Gasteiger partial charge in [0.1, 0.15) is 5.75 Å². The van der Waals surface area contributed by atoms with Gasteiger partial charge in [-0.15, -0.1) is 0 Å². The van der Waals surface area contributed by atoms with Crippen LogP contribution < -0.4 is 15.8 Å². The molecule has 2 aromatic rings. The van der Waals surface area contributed by atoms with Crippen molar-refractivity contribution in [2.75, 3.05) is 13.2 Å². The largest absolute Gasteiger partial charge is 0.483 e. The Morgan fingerprint density at radius 3 is 2.81 bits per heavy atom. The van der Waals surface area contributed by atoms with Crippen molar-refractivity contribution in [2.45, 2.75) is 18.9 Å². The van der Waals surface area contributed by atoms with Crippen LogP contribution in [0.5, 0.6) is 5.75 Å². The van der Waals surface area contributed by atoms with E-state index in [4.69, 9.17) is 10.5 Å². The van der Waals surface area contributed by atoms with Gasteiger partial charge in [0.25, 0.3) is 5.91 Å². The summed E-state index contributed by atoms with van der Waals surface area (Å²) in [4.78, 5) is 11.8. The fraction of sp³-hybridized carbons (Fsp3) is 0.353. The molecule has 1 aliphatic carbocycles. The van der Waals surface area contributed by atoms with E-state index >= 15 is 0 Å². The van der Waals surface area contributed by atoms with E-state index in [1.165, 1.54) is 12.8 Å². The lowest BCUT2D eigenvalue weighted by Gasteiger charge is -2.13. The van der Waals surface area contributed by atoms with Gasteiger partial charge in [0, 0.05) is 18.0 Å². The summed E-state index contributed by atoms with van der Waals surface area (Å²) in [5, 5.41) is 4.95. The highest BCUT2D eigenvalue weighted by atomic mass is 16.5. The van der Waals surface area contributed by atoms with E-state index in [2.05, 4.69) is 5.32 Å². The van der Waals surface area contributed by atoms with Gasteiger partial charge in [-0.05, 0) is 30.2 Å². The molecule has 4 heteroatoms. The van der Waals surface area contributed by atoms with Crippen LogP contribution in [0.25, 0.3) is 10.8 Å². The molecule has 3 rings (SSSR count). The normalized spacial score (nSPS) is 15.7. The number of benzene rings is 2. The molecule has 2 aromatic carbocycles. The second-order valence-electron chi connectivity index (χ2n) is 5.57. The van der Waals surface area contributed by atoms with Crippen molar-refractivity contribution in [1.82, 2.24) is 5.32 Å². The smallest absolute Gasteiger partial charge is 0.257 e. The van der Waals surface area contributed by atoms with Crippen molar-refractivity contribution in [2.24, 2.45) is 11.7 Å². The van der Waals surface area contributed by atoms with Crippen LogP contribution in [0.3, 0.4) is 0 Å². The molecule has 1 amide bonds. The summed E-state index contributed by atoms with van der Waals surface area (Å²) in [5.74, 6) is 1.19. The molecule has 0 heterocycles. The lowest BCUT2D eigenvalue weighted by atomic mass is 10.1. The average molecular weight is 284 g/mol. The van der Waals surface area contributed by atoms with Gasteiger partial charge in [0.05, 0.1) is 0 Å². The predicted molar refractivity (Wildman–Crippen MR) is 83.2 cm³/mol. The number of hydrogen-bond acceptors (Lipinski definition) is 3. The molecular weight excluding hydrogens is 264 g/mol. The number of nitrogens with one attached hydrogen (secondary N) is 1. The summed E-state index contributed by atoms with van der Waals surface area (Å²) in [6.07, 6.45) is 2.37. The van der Waals surface area contributed by atoms with Crippen molar-refractivity contribution in [3.8, 4) is 5.75 Å². The second kappa shape index (κ2) is 6.14. The van der Waals surface area contributed by atoms with E-state index < -0.39 is 0 Å². The summed E-state index contributed by atoms with van der Waals surface area (Å²) >= 11 is 0. The third-order valence-electron chi connectivity index (χ3n) is 3.87. The molecular formula is C17H20N2O2. The third kappa shape index (κ3) is 3.52. The Kier molecular flexibility index (Phi) is 4.06. The van der Waals surface area contributed by atoms with Crippen LogP contribution in [-0.4, -0.2) is 25.1 Å². The minimum atomic E-state index is -0.126. The van der Waals surface area contributed by atoms with Crippen molar-refractivity contribution in [3.63, 3.8) is 0 Å². The SMILES string of the molecule is NC(CNC(=O)COc1cccc2ccccc12)C1CC1. The number of amides is 1. The first-order valence-electron chi connectivity index (χ1n) is 7.37. The van der Waals surface area contributed by atoms with Crippen LogP contribution in [-0.2, 0) is 4.79 Å². The highest BCUT2D eigenvalue weighted by Crippen LogP contribution is 2.31. The Balaban J connectivity index is 1.54. The molecule has 4 nitrogen and oxygen atoms in total. The van der Waals surface area contributed by atoms with Crippen LogP contribution in [0.2, 0.25) is 0 Å². The van der Waals surface area contributed by atoms with E-state index in [9.17, 15) is 4.79 Å². The summed E-state index contributed by atoms with van der Waals surface area (Å²) in [5.41, 5.74) is 5.95. The molecule has 1 saturated carbocycles. The Morgan fingerprint density at radius 2 is 2.00 bits per heavy atom. The highest BCUT2D eigenvalue weighted by Gasteiger charge is 2.28. The second-order valence-corrected chi connectivity index (χ2v) is 5.57. The molecule has 1 unspecified atom stereocenters. The van der Waals surface area contributed by atoms with Crippen molar-refractivity contribution in [3.05, 3.63) is 42.5 Å². The zero-order chi connectivity index (χ0) is 14.7. The number of ether oxygens (including phenoxy) is 1. The maximum Gasteiger partial charge on any atom is 0.257 e. The molecule has 1 fully saturated rings. The van der Waals surface area contributed by atoms with E-state index in [1.54, 1.807) is 0 Å². The highest BCUT2D eigenvalue weighted by molar-refractivity contribution is 5.88. The molecule has 0 bridgehead atoms. The summed E-state index contributed by atoms with van der Waals surface area (Å²) in [7, 11) is 0. The fourth-order valence-corrected chi connectivity index (χ4v) is 2.44. The zero-order valence-corrected chi connectivity index (χ0v) is 11.9. The van der Waals surface area contributed by atoms with Crippen LogP contribution in [0, 0.1) is 5.92 Å². The number of fused-ring (bicyclic) bond motifs is 1. The predicted octanol–water partition coefficient (Wildman–Crippen LogP) is 2.07. The molecule has 1 atom stereocenters. The van der Waals surface area contributed by atoms with E-state index in [0.717, 1.165) is 16.5 Å². The quantitative estimate of drug-likeness (QED) is 0.853. The molecule has 21 heavy (non-hydrogen) atoms. The summed E-state index contributed by atoms with van der Waals surface area (Å²) in [6, 6.07) is 13.9. The molecule has 0 aromatic heterocycles. The van der Waals surface area contributed by atoms with Crippen molar-refractivity contribution >= 4 is 16.7 Å². The lowest BCUT2D eigenvalue weighted by molar-refractivity contribution is -0.123. The number of carbonyl (C=O) groups is 1. The first-order valence-corrected chi connectivity index (χ1v) is 7.37. The maximum absolute atomic E-state index is 11.8. The first-order chi connectivity index (χ1) is 10.2. The van der Waals surface area contributed by atoms with Crippen molar-refractivity contribution < 1.29 is 9.53 Å². The van der Waals surface area contributed by atoms with Gasteiger partial charge in [-0.2, -0.15) is 0 Å². The summed E-state index contributed by atoms with van der Waals surface area (Å²) in [6.45, 7) is 0.549. The van der Waals surface area contributed by atoms with Gasteiger partial charge < -0.3 is 15.8 Å². The molecule has 3 N–H and O–H groups in total.